The van der Waals surface area contributed by atoms with Crippen LogP contribution in [0.2, 0.25) is 0 Å². The number of para-hydroxylation sites is 1. The van der Waals surface area contributed by atoms with Gasteiger partial charge in [-0.2, -0.15) is 0 Å². The van der Waals surface area contributed by atoms with Crippen LogP contribution in [0, 0.1) is 6.92 Å². The molecule has 0 aliphatic carbocycles. The summed E-state index contributed by atoms with van der Waals surface area (Å²) in [5, 5.41) is 9.18. The van der Waals surface area contributed by atoms with Crippen molar-refractivity contribution in [2.75, 3.05) is 10.6 Å². The summed E-state index contributed by atoms with van der Waals surface area (Å²) in [6.07, 6.45) is 1.09. The number of carboxylic acids is 1. The molecule has 0 heterocycles. The van der Waals surface area contributed by atoms with Gasteiger partial charge in [0.1, 0.15) is 0 Å². The molecular formula is C15H15NO4S. The van der Waals surface area contributed by atoms with Crippen molar-refractivity contribution in [3.05, 3.63) is 59.7 Å². The van der Waals surface area contributed by atoms with Gasteiger partial charge in [-0.1, -0.05) is 24.3 Å². The Balaban J connectivity index is 2.70. The molecule has 0 saturated heterocycles. The molecule has 2 aromatic rings. The molecule has 0 aromatic heterocycles. The van der Waals surface area contributed by atoms with Crippen molar-refractivity contribution < 1.29 is 18.3 Å². The lowest BCUT2D eigenvalue weighted by Gasteiger charge is -2.24. The van der Waals surface area contributed by atoms with Crippen molar-refractivity contribution in [1.82, 2.24) is 0 Å². The van der Waals surface area contributed by atoms with Gasteiger partial charge in [0.2, 0.25) is 10.0 Å². The van der Waals surface area contributed by atoms with Crippen molar-refractivity contribution in [1.29, 1.82) is 0 Å². The summed E-state index contributed by atoms with van der Waals surface area (Å²) in [5.41, 5.74) is 1.28. The molecule has 2 aromatic carbocycles. The minimum absolute atomic E-state index is 0.0806. The molecule has 0 aliphatic heterocycles. The molecule has 0 unspecified atom stereocenters. The van der Waals surface area contributed by atoms with Crippen molar-refractivity contribution in [3.63, 3.8) is 0 Å². The van der Waals surface area contributed by atoms with Crippen molar-refractivity contribution in [3.8, 4) is 0 Å². The number of hydrogen-bond donors (Lipinski definition) is 1. The SMILES string of the molecule is Cc1c(C(=O)O)cccc1N(c1ccccc1)S(C)(=O)=O. The highest BCUT2D eigenvalue weighted by Crippen LogP contribution is 2.32. The van der Waals surface area contributed by atoms with Crippen molar-refractivity contribution >= 4 is 27.4 Å². The minimum Gasteiger partial charge on any atom is -0.478 e. The van der Waals surface area contributed by atoms with E-state index in [0.29, 0.717) is 16.9 Å². The lowest BCUT2D eigenvalue weighted by atomic mass is 10.1. The third-order valence-corrected chi connectivity index (χ3v) is 4.15. The molecule has 0 aliphatic rings. The summed E-state index contributed by atoms with van der Waals surface area (Å²) < 4.78 is 25.4. The van der Waals surface area contributed by atoms with Crippen LogP contribution < -0.4 is 4.31 Å². The van der Waals surface area contributed by atoms with E-state index in [1.165, 1.54) is 12.1 Å². The number of sulfonamides is 1. The first-order valence-corrected chi connectivity index (χ1v) is 8.05. The van der Waals surface area contributed by atoms with Gasteiger partial charge in [-0.3, -0.25) is 0 Å². The molecule has 0 atom stereocenters. The van der Waals surface area contributed by atoms with Gasteiger partial charge in [0.15, 0.2) is 0 Å². The second-order valence-corrected chi connectivity index (χ2v) is 6.45. The van der Waals surface area contributed by atoms with Gasteiger partial charge in [-0.05, 0) is 36.8 Å². The monoisotopic (exact) mass is 305 g/mol. The largest absolute Gasteiger partial charge is 0.478 e. The Hall–Kier alpha value is -2.34. The number of benzene rings is 2. The summed E-state index contributed by atoms with van der Waals surface area (Å²) in [6.45, 7) is 1.60. The highest BCUT2D eigenvalue weighted by molar-refractivity contribution is 7.92. The second-order valence-electron chi connectivity index (χ2n) is 4.62. The van der Waals surface area contributed by atoms with E-state index < -0.39 is 16.0 Å². The molecule has 0 radical (unpaired) electrons. The smallest absolute Gasteiger partial charge is 0.336 e. The number of carbonyl (C=O) groups is 1. The Morgan fingerprint density at radius 2 is 1.67 bits per heavy atom. The van der Waals surface area contributed by atoms with Crippen LogP contribution in [0.3, 0.4) is 0 Å². The van der Waals surface area contributed by atoms with E-state index >= 15 is 0 Å². The minimum atomic E-state index is -3.60. The lowest BCUT2D eigenvalue weighted by molar-refractivity contribution is 0.0696. The molecule has 0 bridgehead atoms. The predicted molar refractivity (Wildman–Crippen MR) is 81.6 cm³/mol. The number of anilines is 2. The number of rotatable bonds is 4. The maximum absolute atomic E-state index is 12.1. The van der Waals surface area contributed by atoms with E-state index in [1.807, 2.05) is 0 Å². The summed E-state index contributed by atoms with van der Waals surface area (Å²) >= 11 is 0. The first-order chi connectivity index (χ1) is 9.82. The fourth-order valence-electron chi connectivity index (χ4n) is 2.15. The van der Waals surface area contributed by atoms with Crippen LogP contribution in [-0.2, 0) is 10.0 Å². The molecule has 5 nitrogen and oxygen atoms in total. The Kier molecular flexibility index (Phi) is 3.99. The van der Waals surface area contributed by atoms with Gasteiger partial charge in [-0.25, -0.2) is 17.5 Å². The third-order valence-electron chi connectivity index (χ3n) is 3.08. The first kappa shape index (κ1) is 15.1. The zero-order valence-corrected chi connectivity index (χ0v) is 12.5. The maximum atomic E-state index is 12.1. The Labute approximate surface area is 123 Å². The van der Waals surface area contributed by atoms with Crippen LogP contribution in [0.25, 0.3) is 0 Å². The fraction of sp³-hybridized carbons (Fsp3) is 0.133. The van der Waals surface area contributed by atoms with Crippen LogP contribution in [0.4, 0.5) is 11.4 Å². The third kappa shape index (κ3) is 3.05. The Morgan fingerprint density at radius 1 is 1.05 bits per heavy atom. The summed E-state index contributed by atoms with van der Waals surface area (Å²) in [4.78, 5) is 11.2. The van der Waals surface area contributed by atoms with Crippen LogP contribution in [-0.4, -0.2) is 25.7 Å². The molecule has 110 valence electrons. The predicted octanol–water partition coefficient (Wildman–Crippen LogP) is 2.79. The number of hydrogen-bond acceptors (Lipinski definition) is 3. The quantitative estimate of drug-likeness (QED) is 0.942. The Bertz CT molecular complexity index is 770. The van der Waals surface area contributed by atoms with E-state index in [0.717, 1.165) is 10.6 Å². The van der Waals surface area contributed by atoms with Gasteiger partial charge in [0, 0.05) is 0 Å². The zero-order valence-electron chi connectivity index (χ0n) is 11.6. The number of carboxylic acid groups (broad SMARTS) is 1. The molecule has 21 heavy (non-hydrogen) atoms. The average Bonchev–Trinajstić information content (AvgIpc) is 2.40. The van der Waals surface area contributed by atoms with Crippen molar-refractivity contribution in [2.24, 2.45) is 0 Å². The first-order valence-electron chi connectivity index (χ1n) is 6.20. The van der Waals surface area contributed by atoms with Gasteiger partial charge in [0.05, 0.1) is 23.2 Å². The lowest BCUT2D eigenvalue weighted by Crippen LogP contribution is -2.25. The van der Waals surface area contributed by atoms with Crippen LogP contribution in [0.1, 0.15) is 15.9 Å². The average molecular weight is 305 g/mol. The molecule has 0 spiro atoms. The highest BCUT2D eigenvalue weighted by atomic mass is 32.2. The summed E-state index contributed by atoms with van der Waals surface area (Å²) in [6, 6.07) is 13.1. The van der Waals surface area contributed by atoms with E-state index in [-0.39, 0.29) is 5.56 Å². The maximum Gasteiger partial charge on any atom is 0.336 e. The van der Waals surface area contributed by atoms with E-state index in [9.17, 15) is 18.3 Å². The molecule has 6 heteroatoms. The van der Waals surface area contributed by atoms with Crippen LogP contribution in [0.15, 0.2) is 48.5 Å². The number of nitrogens with zero attached hydrogens (tertiary/aromatic N) is 1. The summed E-state index contributed by atoms with van der Waals surface area (Å²) in [5.74, 6) is -1.09. The number of aromatic carboxylic acids is 1. The summed E-state index contributed by atoms with van der Waals surface area (Å²) in [7, 11) is -3.60. The molecule has 0 saturated carbocycles. The Morgan fingerprint density at radius 3 is 2.19 bits per heavy atom. The van der Waals surface area contributed by atoms with Crippen LogP contribution in [0.5, 0.6) is 0 Å². The van der Waals surface area contributed by atoms with Gasteiger partial charge in [0.25, 0.3) is 0 Å². The van der Waals surface area contributed by atoms with Crippen LogP contribution >= 0.6 is 0 Å². The van der Waals surface area contributed by atoms with Gasteiger partial charge >= 0.3 is 5.97 Å². The standard InChI is InChI=1S/C15H15NO4S/c1-11-13(15(17)18)9-6-10-14(11)16(21(2,19)20)12-7-4-3-5-8-12/h3-10H,1-2H3,(H,17,18). The van der Waals surface area contributed by atoms with E-state index in [1.54, 1.807) is 43.3 Å². The molecule has 0 fully saturated rings. The highest BCUT2D eigenvalue weighted by Gasteiger charge is 2.23. The van der Waals surface area contributed by atoms with Gasteiger partial charge in [-0.15, -0.1) is 0 Å². The topological polar surface area (TPSA) is 74.7 Å². The van der Waals surface area contributed by atoms with Gasteiger partial charge < -0.3 is 5.11 Å². The van der Waals surface area contributed by atoms with Crippen molar-refractivity contribution in [2.45, 2.75) is 6.92 Å². The molecular weight excluding hydrogens is 290 g/mol. The van der Waals surface area contributed by atoms with E-state index in [2.05, 4.69) is 0 Å². The normalized spacial score (nSPS) is 11.1. The molecule has 1 N–H and O–H groups in total. The fourth-order valence-corrected chi connectivity index (χ4v) is 3.21. The molecule has 0 amide bonds. The molecule has 2 rings (SSSR count). The second kappa shape index (κ2) is 5.57. The zero-order chi connectivity index (χ0) is 15.6. The van der Waals surface area contributed by atoms with E-state index in [4.69, 9.17) is 0 Å².